The smallest absolute Gasteiger partial charge is 0.284 e. The second kappa shape index (κ2) is 7.09. The zero-order valence-corrected chi connectivity index (χ0v) is 14.8. The molecule has 0 aliphatic rings. The van der Waals surface area contributed by atoms with Gasteiger partial charge in [-0.2, -0.15) is 13.2 Å². The Morgan fingerprint density at radius 2 is 1.68 bits per heavy atom. The summed E-state index contributed by atoms with van der Waals surface area (Å²) >= 11 is 1.14. The van der Waals surface area contributed by atoms with Crippen LogP contribution in [0.25, 0.3) is 0 Å². The number of benzene rings is 2. The molecule has 134 valence electrons. The Kier molecular flexibility index (Phi) is 5.48. The van der Waals surface area contributed by atoms with Gasteiger partial charge in [0, 0.05) is 4.90 Å². The minimum atomic E-state index is -5.11. The first kappa shape index (κ1) is 19.3. The molecule has 25 heavy (non-hydrogen) atoms. The molecule has 0 saturated heterocycles. The third-order valence-corrected chi connectivity index (χ3v) is 5.41. The van der Waals surface area contributed by atoms with Gasteiger partial charge in [0.1, 0.15) is 0 Å². The molecule has 0 atom stereocenters. The van der Waals surface area contributed by atoms with Gasteiger partial charge in [-0.25, -0.2) is 8.42 Å². The number of ketones is 1. The number of anilines is 1. The molecule has 0 aliphatic carbocycles. The third kappa shape index (κ3) is 4.55. The fourth-order valence-electron chi connectivity index (χ4n) is 2.00. The number of alkyl halides is 3. The molecule has 0 fully saturated rings. The van der Waals surface area contributed by atoms with E-state index in [0.29, 0.717) is 4.90 Å². The summed E-state index contributed by atoms with van der Waals surface area (Å²) in [6.45, 7) is 1.77. The second-order valence-corrected chi connectivity index (χ2v) is 7.72. The normalized spacial score (nSPS) is 12.0. The van der Waals surface area contributed by atoms with Crippen molar-refractivity contribution in [3.63, 3.8) is 0 Å². The SMILES string of the molecule is CSc1ccc(NS(=O)(=O)c2ccc(C)cc2)c(C(=O)C(F)(F)F)c1. The van der Waals surface area contributed by atoms with Crippen LogP contribution in [-0.4, -0.2) is 26.6 Å². The van der Waals surface area contributed by atoms with E-state index < -0.39 is 33.2 Å². The lowest BCUT2D eigenvalue weighted by Gasteiger charge is -2.14. The highest BCUT2D eigenvalue weighted by molar-refractivity contribution is 7.98. The van der Waals surface area contributed by atoms with E-state index in [1.54, 1.807) is 25.3 Å². The molecule has 0 heterocycles. The fraction of sp³-hybridized carbons (Fsp3) is 0.188. The number of hydrogen-bond donors (Lipinski definition) is 1. The zero-order chi connectivity index (χ0) is 18.8. The maximum absolute atomic E-state index is 12.8. The zero-order valence-electron chi connectivity index (χ0n) is 13.2. The van der Waals surface area contributed by atoms with E-state index in [2.05, 4.69) is 4.72 Å². The Balaban J connectivity index is 2.48. The van der Waals surface area contributed by atoms with Crippen LogP contribution in [0.1, 0.15) is 15.9 Å². The van der Waals surface area contributed by atoms with Crippen LogP contribution in [0.4, 0.5) is 18.9 Å². The summed E-state index contributed by atoms with van der Waals surface area (Å²) in [5, 5.41) is 0. The van der Waals surface area contributed by atoms with Gasteiger partial charge in [-0.15, -0.1) is 11.8 Å². The van der Waals surface area contributed by atoms with Crippen molar-refractivity contribution in [2.24, 2.45) is 0 Å². The number of sulfonamides is 1. The molecule has 2 aromatic carbocycles. The molecule has 0 aliphatic heterocycles. The van der Waals surface area contributed by atoms with E-state index in [9.17, 15) is 26.4 Å². The lowest BCUT2D eigenvalue weighted by molar-refractivity contribution is -0.0884. The molecule has 2 aromatic rings. The van der Waals surface area contributed by atoms with E-state index in [-0.39, 0.29) is 4.90 Å². The van der Waals surface area contributed by atoms with E-state index in [0.717, 1.165) is 29.5 Å². The Morgan fingerprint density at radius 3 is 2.20 bits per heavy atom. The maximum Gasteiger partial charge on any atom is 0.454 e. The van der Waals surface area contributed by atoms with Crippen LogP contribution >= 0.6 is 11.8 Å². The maximum atomic E-state index is 12.8. The van der Waals surface area contributed by atoms with Crippen LogP contribution < -0.4 is 4.72 Å². The van der Waals surface area contributed by atoms with Crippen molar-refractivity contribution in [2.75, 3.05) is 11.0 Å². The molecule has 4 nitrogen and oxygen atoms in total. The first-order valence-corrected chi connectivity index (χ1v) is 9.64. The predicted octanol–water partition coefficient (Wildman–Crippen LogP) is 4.26. The topological polar surface area (TPSA) is 63.2 Å². The van der Waals surface area contributed by atoms with Gasteiger partial charge >= 0.3 is 6.18 Å². The molecule has 0 unspecified atom stereocenters. The molecule has 0 aromatic heterocycles. The molecule has 2 rings (SSSR count). The summed E-state index contributed by atoms with van der Waals surface area (Å²) < 4.78 is 65.3. The van der Waals surface area contributed by atoms with E-state index in [1.165, 1.54) is 18.2 Å². The number of rotatable bonds is 5. The lowest BCUT2D eigenvalue weighted by atomic mass is 10.1. The molecule has 0 amide bonds. The Morgan fingerprint density at radius 1 is 1.08 bits per heavy atom. The van der Waals surface area contributed by atoms with Gasteiger partial charge in [0.05, 0.1) is 16.1 Å². The van der Waals surface area contributed by atoms with Crippen molar-refractivity contribution in [2.45, 2.75) is 22.9 Å². The standard InChI is InChI=1S/C16H14F3NO3S2/c1-10-3-6-12(7-4-10)25(22,23)20-14-8-5-11(24-2)9-13(14)15(21)16(17,18)19/h3-9,20H,1-2H3. The molecule has 1 N–H and O–H groups in total. The average molecular weight is 389 g/mol. The van der Waals surface area contributed by atoms with Crippen molar-refractivity contribution in [1.82, 2.24) is 0 Å². The Bertz CT molecular complexity index is 892. The monoisotopic (exact) mass is 389 g/mol. The molecular weight excluding hydrogens is 375 g/mol. The van der Waals surface area contributed by atoms with Gasteiger partial charge in [-0.1, -0.05) is 17.7 Å². The number of carbonyl (C=O) groups excluding carboxylic acids is 1. The summed E-state index contributed by atoms with van der Waals surface area (Å²) in [5.41, 5.74) is -0.327. The molecule has 0 bridgehead atoms. The fourth-order valence-corrected chi connectivity index (χ4v) is 3.52. The van der Waals surface area contributed by atoms with E-state index in [4.69, 9.17) is 0 Å². The molecule has 0 spiro atoms. The first-order chi connectivity index (χ1) is 11.5. The van der Waals surface area contributed by atoms with Crippen LogP contribution in [0, 0.1) is 6.92 Å². The largest absolute Gasteiger partial charge is 0.454 e. The van der Waals surface area contributed by atoms with Crippen LogP contribution in [0.3, 0.4) is 0 Å². The highest BCUT2D eigenvalue weighted by Gasteiger charge is 2.41. The number of thioether (sulfide) groups is 1. The summed E-state index contributed by atoms with van der Waals surface area (Å²) in [6.07, 6.45) is -3.48. The number of aryl methyl sites for hydroxylation is 1. The Labute approximate surface area is 147 Å². The van der Waals surface area contributed by atoms with Crippen LogP contribution in [0.2, 0.25) is 0 Å². The summed E-state index contributed by atoms with van der Waals surface area (Å²) in [6, 6.07) is 9.40. The van der Waals surface area contributed by atoms with E-state index in [1.807, 2.05) is 0 Å². The number of Topliss-reactive ketones (excluding diaryl/α,β-unsaturated/α-hetero) is 1. The molecule has 9 heteroatoms. The minimum Gasteiger partial charge on any atom is -0.284 e. The number of halogens is 3. The summed E-state index contributed by atoms with van der Waals surface area (Å²) in [7, 11) is -4.13. The van der Waals surface area contributed by atoms with Gasteiger partial charge in [0.15, 0.2) is 0 Å². The molecular formula is C16H14F3NO3S2. The van der Waals surface area contributed by atoms with Crippen molar-refractivity contribution in [3.8, 4) is 0 Å². The van der Waals surface area contributed by atoms with Crippen molar-refractivity contribution in [3.05, 3.63) is 53.6 Å². The van der Waals surface area contributed by atoms with Crippen molar-refractivity contribution >= 4 is 33.3 Å². The van der Waals surface area contributed by atoms with Crippen LogP contribution in [-0.2, 0) is 10.0 Å². The molecule has 0 radical (unpaired) electrons. The van der Waals surface area contributed by atoms with Gasteiger partial charge in [-0.3, -0.25) is 9.52 Å². The average Bonchev–Trinajstić information content (AvgIpc) is 2.54. The number of carbonyl (C=O) groups is 1. The first-order valence-electron chi connectivity index (χ1n) is 6.93. The third-order valence-electron chi connectivity index (χ3n) is 3.30. The van der Waals surface area contributed by atoms with Gasteiger partial charge in [0.2, 0.25) is 0 Å². The highest BCUT2D eigenvalue weighted by Crippen LogP contribution is 2.31. The van der Waals surface area contributed by atoms with Crippen molar-refractivity contribution in [1.29, 1.82) is 0 Å². The minimum absolute atomic E-state index is 0.113. The summed E-state index contributed by atoms with van der Waals surface area (Å²) in [5.74, 6) is -2.11. The van der Waals surface area contributed by atoms with Gasteiger partial charge in [-0.05, 0) is 43.5 Å². The van der Waals surface area contributed by atoms with Gasteiger partial charge < -0.3 is 0 Å². The molecule has 0 saturated carbocycles. The predicted molar refractivity (Wildman–Crippen MR) is 90.6 cm³/mol. The number of hydrogen-bond acceptors (Lipinski definition) is 4. The van der Waals surface area contributed by atoms with Gasteiger partial charge in [0.25, 0.3) is 15.8 Å². The quantitative estimate of drug-likeness (QED) is 0.613. The highest BCUT2D eigenvalue weighted by atomic mass is 32.2. The van der Waals surface area contributed by atoms with E-state index >= 15 is 0 Å². The van der Waals surface area contributed by atoms with Crippen LogP contribution in [0.5, 0.6) is 0 Å². The van der Waals surface area contributed by atoms with Crippen LogP contribution in [0.15, 0.2) is 52.3 Å². The second-order valence-electron chi connectivity index (χ2n) is 5.16. The summed E-state index contributed by atoms with van der Waals surface area (Å²) in [4.78, 5) is 11.9. The van der Waals surface area contributed by atoms with Crippen molar-refractivity contribution < 1.29 is 26.4 Å². The number of nitrogens with one attached hydrogen (secondary N) is 1. The Hall–Kier alpha value is -2.00. The lowest BCUT2D eigenvalue weighted by Crippen LogP contribution is -2.25.